The number of carboxylic acid groups (broad SMARTS) is 1. The molecule has 0 bridgehead atoms. The van der Waals surface area contributed by atoms with Gasteiger partial charge in [0.15, 0.2) is 12.3 Å². The van der Waals surface area contributed by atoms with Gasteiger partial charge in [0, 0.05) is 12.5 Å². The van der Waals surface area contributed by atoms with E-state index in [0.29, 0.717) is 6.61 Å². The number of amides is 1. The molecule has 2 N–H and O–H groups in total. The lowest BCUT2D eigenvalue weighted by Gasteiger charge is -2.26. The van der Waals surface area contributed by atoms with Crippen molar-refractivity contribution in [1.82, 2.24) is 5.32 Å². The quantitative estimate of drug-likeness (QED) is 0.543. The molecule has 8 heteroatoms. The van der Waals surface area contributed by atoms with Crippen molar-refractivity contribution in [3.8, 4) is 11.1 Å². The van der Waals surface area contributed by atoms with Gasteiger partial charge in [-0.15, -0.1) is 0 Å². The highest BCUT2D eigenvalue weighted by Crippen LogP contribution is 2.44. The SMILES string of the molecule is CC(COCC(NC(=O)OCC1c2ccccc2-c2ccccc21)C(=O)O)OC1CCCCO1. The number of carboxylic acids is 1. The van der Waals surface area contributed by atoms with Crippen molar-refractivity contribution >= 4 is 12.1 Å². The van der Waals surface area contributed by atoms with E-state index in [0.717, 1.165) is 41.5 Å². The van der Waals surface area contributed by atoms with Crippen LogP contribution in [0.3, 0.4) is 0 Å². The minimum Gasteiger partial charge on any atom is -0.480 e. The van der Waals surface area contributed by atoms with Gasteiger partial charge in [0.2, 0.25) is 0 Å². The van der Waals surface area contributed by atoms with Crippen molar-refractivity contribution in [3.63, 3.8) is 0 Å². The smallest absolute Gasteiger partial charge is 0.407 e. The van der Waals surface area contributed by atoms with Gasteiger partial charge in [-0.1, -0.05) is 48.5 Å². The lowest BCUT2D eigenvalue weighted by Crippen LogP contribution is -2.45. The summed E-state index contributed by atoms with van der Waals surface area (Å²) in [5.41, 5.74) is 4.42. The van der Waals surface area contributed by atoms with Crippen molar-refractivity contribution < 1.29 is 33.6 Å². The number of carbonyl (C=O) groups excluding carboxylic acids is 1. The van der Waals surface area contributed by atoms with Gasteiger partial charge in [0.05, 0.1) is 19.3 Å². The van der Waals surface area contributed by atoms with Crippen molar-refractivity contribution in [3.05, 3.63) is 59.7 Å². The molecule has 1 aliphatic carbocycles. The van der Waals surface area contributed by atoms with Crippen LogP contribution in [0.2, 0.25) is 0 Å². The molecule has 3 unspecified atom stereocenters. The Morgan fingerprint density at radius 2 is 1.74 bits per heavy atom. The summed E-state index contributed by atoms with van der Waals surface area (Å²) < 4.78 is 22.2. The number of ether oxygens (including phenoxy) is 4. The highest BCUT2D eigenvalue weighted by atomic mass is 16.7. The Balaban J connectivity index is 1.25. The predicted molar refractivity (Wildman–Crippen MR) is 125 cm³/mol. The van der Waals surface area contributed by atoms with Crippen LogP contribution in [0.15, 0.2) is 48.5 Å². The fraction of sp³-hybridized carbons (Fsp3) is 0.462. The monoisotopic (exact) mass is 469 g/mol. The maximum absolute atomic E-state index is 12.4. The number of benzene rings is 2. The highest BCUT2D eigenvalue weighted by Gasteiger charge is 2.30. The fourth-order valence-corrected chi connectivity index (χ4v) is 4.43. The maximum Gasteiger partial charge on any atom is 0.407 e. The molecule has 1 heterocycles. The predicted octanol–water partition coefficient (Wildman–Crippen LogP) is 3.93. The standard InChI is InChI=1S/C26H31NO7/c1-17(34-24-12-6-7-13-32-24)14-31-16-23(25(28)29)27-26(30)33-15-22-20-10-4-2-8-18(20)19-9-3-5-11-21(19)22/h2-5,8-11,17,22-24H,6-7,12-16H2,1H3,(H,27,30)(H,28,29). The third-order valence-corrected chi connectivity index (χ3v) is 6.09. The molecule has 1 aliphatic heterocycles. The molecule has 0 spiro atoms. The maximum atomic E-state index is 12.4. The van der Waals surface area contributed by atoms with Gasteiger partial charge in [0.25, 0.3) is 0 Å². The number of aliphatic carboxylic acids is 1. The Kier molecular flexibility index (Phi) is 8.16. The van der Waals surface area contributed by atoms with E-state index in [4.69, 9.17) is 18.9 Å². The summed E-state index contributed by atoms with van der Waals surface area (Å²) in [6.45, 7) is 2.63. The normalized spacial score (nSPS) is 19.0. The summed E-state index contributed by atoms with van der Waals surface area (Å²) in [5.74, 6) is -1.30. The van der Waals surface area contributed by atoms with Crippen LogP contribution >= 0.6 is 0 Å². The number of carbonyl (C=O) groups is 2. The summed E-state index contributed by atoms with van der Waals surface area (Å²) in [5, 5.41) is 11.9. The topological polar surface area (TPSA) is 103 Å². The second-order valence-electron chi connectivity index (χ2n) is 8.64. The van der Waals surface area contributed by atoms with Crippen LogP contribution in [0.25, 0.3) is 11.1 Å². The molecule has 0 saturated carbocycles. The first-order valence-electron chi connectivity index (χ1n) is 11.7. The van der Waals surface area contributed by atoms with Gasteiger partial charge in [-0.05, 0) is 48.4 Å². The average molecular weight is 470 g/mol. The first kappa shape index (κ1) is 24.2. The van der Waals surface area contributed by atoms with Crippen molar-refractivity contribution in [2.75, 3.05) is 26.4 Å². The first-order valence-corrected chi connectivity index (χ1v) is 11.7. The zero-order chi connectivity index (χ0) is 23.9. The second kappa shape index (κ2) is 11.5. The van der Waals surface area contributed by atoms with E-state index in [9.17, 15) is 14.7 Å². The molecule has 0 radical (unpaired) electrons. The van der Waals surface area contributed by atoms with E-state index in [2.05, 4.69) is 17.4 Å². The van der Waals surface area contributed by atoms with Crippen molar-refractivity contribution in [2.45, 2.75) is 50.5 Å². The Morgan fingerprint density at radius 1 is 1.06 bits per heavy atom. The number of hydrogen-bond donors (Lipinski definition) is 2. The van der Waals surface area contributed by atoms with E-state index in [-0.39, 0.29) is 38.1 Å². The molecule has 2 aromatic carbocycles. The third kappa shape index (κ3) is 5.94. The van der Waals surface area contributed by atoms with E-state index in [1.807, 2.05) is 43.3 Å². The molecule has 3 atom stereocenters. The minimum atomic E-state index is -1.23. The lowest BCUT2D eigenvalue weighted by atomic mass is 9.98. The fourth-order valence-electron chi connectivity index (χ4n) is 4.43. The van der Waals surface area contributed by atoms with Crippen molar-refractivity contribution in [2.24, 2.45) is 0 Å². The Bertz CT molecular complexity index is 943. The molecule has 34 heavy (non-hydrogen) atoms. The zero-order valence-electron chi connectivity index (χ0n) is 19.3. The van der Waals surface area contributed by atoms with Gasteiger partial charge in [-0.25, -0.2) is 9.59 Å². The summed E-state index contributed by atoms with van der Waals surface area (Å²) in [6.07, 6.45) is 1.63. The van der Waals surface area contributed by atoms with Crippen LogP contribution in [0, 0.1) is 0 Å². The van der Waals surface area contributed by atoms with Gasteiger partial charge in [-0.2, -0.15) is 0 Å². The molecule has 1 fully saturated rings. The number of alkyl carbamates (subject to hydrolysis) is 1. The number of nitrogens with one attached hydrogen (secondary N) is 1. The van der Waals surface area contributed by atoms with E-state index in [1.54, 1.807) is 0 Å². The van der Waals surface area contributed by atoms with Gasteiger partial charge in [-0.3, -0.25) is 0 Å². The molecule has 1 saturated heterocycles. The zero-order valence-corrected chi connectivity index (χ0v) is 19.3. The Morgan fingerprint density at radius 3 is 2.35 bits per heavy atom. The van der Waals surface area contributed by atoms with Crippen LogP contribution in [0.4, 0.5) is 4.79 Å². The van der Waals surface area contributed by atoms with Crippen LogP contribution in [0.5, 0.6) is 0 Å². The van der Waals surface area contributed by atoms with Gasteiger partial charge >= 0.3 is 12.1 Å². The largest absolute Gasteiger partial charge is 0.480 e. The molecule has 2 aromatic rings. The first-order chi connectivity index (χ1) is 16.5. The van der Waals surface area contributed by atoms with Crippen molar-refractivity contribution in [1.29, 1.82) is 0 Å². The molecular formula is C26H31NO7. The Labute approximate surface area is 199 Å². The lowest BCUT2D eigenvalue weighted by molar-refractivity contribution is -0.194. The molecule has 182 valence electrons. The molecule has 2 aliphatic rings. The average Bonchev–Trinajstić information content (AvgIpc) is 3.16. The summed E-state index contributed by atoms with van der Waals surface area (Å²) in [6, 6.07) is 14.8. The van der Waals surface area contributed by atoms with Crippen LogP contribution < -0.4 is 5.32 Å². The summed E-state index contributed by atoms with van der Waals surface area (Å²) in [7, 11) is 0. The van der Waals surface area contributed by atoms with Crippen LogP contribution in [-0.2, 0) is 23.7 Å². The van der Waals surface area contributed by atoms with Crippen LogP contribution in [-0.4, -0.2) is 62.0 Å². The molecule has 8 nitrogen and oxygen atoms in total. The molecular weight excluding hydrogens is 438 g/mol. The van der Waals surface area contributed by atoms with E-state index >= 15 is 0 Å². The summed E-state index contributed by atoms with van der Waals surface area (Å²) >= 11 is 0. The van der Waals surface area contributed by atoms with Gasteiger partial charge in [0.1, 0.15) is 6.61 Å². The van der Waals surface area contributed by atoms with Gasteiger partial charge < -0.3 is 29.4 Å². The van der Waals surface area contributed by atoms with E-state index < -0.39 is 18.1 Å². The highest BCUT2D eigenvalue weighted by molar-refractivity contribution is 5.81. The molecule has 0 aromatic heterocycles. The number of hydrogen-bond acceptors (Lipinski definition) is 6. The second-order valence-corrected chi connectivity index (χ2v) is 8.64. The minimum absolute atomic E-state index is 0.0994. The molecule has 4 rings (SSSR count). The van der Waals surface area contributed by atoms with E-state index in [1.165, 1.54) is 0 Å². The Hall–Kier alpha value is -2.94. The molecule has 1 amide bonds. The summed E-state index contributed by atoms with van der Waals surface area (Å²) in [4.78, 5) is 24.0. The third-order valence-electron chi connectivity index (χ3n) is 6.09. The number of fused-ring (bicyclic) bond motifs is 3. The van der Waals surface area contributed by atoms with Crippen LogP contribution in [0.1, 0.15) is 43.2 Å². The number of rotatable bonds is 10.